The minimum Gasteiger partial charge on any atom is -0.349 e. The first-order valence-corrected chi connectivity index (χ1v) is 10.2. The summed E-state index contributed by atoms with van der Waals surface area (Å²) in [4.78, 5) is 12.4. The summed E-state index contributed by atoms with van der Waals surface area (Å²) < 4.78 is 2.09. The van der Waals surface area contributed by atoms with Crippen LogP contribution in [0.25, 0.3) is 5.69 Å². The average Bonchev–Trinajstić information content (AvgIpc) is 3.47. The molecule has 1 atom stereocenters. The molecule has 1 saturated carbocycles. The Hall–Kier alpha value is -2.60. The first kappa shape index (κ1) is 17.8. The standard InChI is InChI=1S/C21H22N4OS/c1-15(16-8-4-2-5-9-16)22-19(26)14-27-21-24-23-20(17-12-13-17)25(21)18-10-6-3-7-11-18/h2-11,15,17H,12-14H2,1H3,(H,22,26)/t15-/m0/s1. The highest BCUT2D eigenvalue weighted by Gasteiger charge is 2.31. The second kappa shape index (κ2) is 7.96. The number of nitrogens with one attached hydrogen (secondary N) is 1. The number of benzene rings is 2. The zero-order valence-corrected chi connectivity index (χ0v) is 16.0. The van der Waals surface area contributed by atoms with Crippen LogP contribution < -0.4 is 5.32 Å². The van der Waals surface area contributed by atoms with Crippen LogP contribution in [0.2, 0.25) is 0 Å². The Morgan fingerprint density at radius 2 is 1.78 bits per heavy atom. The lowest BCUT2D eigenvalue weighted by molar-refractivity contribution is -0.119. The topological polar surface area (TPSA) is 59.8 Å². The van der Waals surface area contributed by atoms with Gasteiger partial charge in [0.25, 0.3) is 0 Å². The van der Waals surface area contributed by atoms with Crippen molar-refractivity contribution in [1.82, 2.24) is 20.1 Å². The maximum atomic E-state index is 12.4. The fraction of sp³-hybridized carbons (Fsp3) is 0.286. The molecule has 6 heteroatoms. The zero-order chi connectivity index (χ0) is 18.6. The summed E-state index contributed by atoms with van der Waals surface area (Å²) in [6, 6.07) is 20.1. The molecule has 1 aliphatic rings. The molecule has 138 valence electrons. The summed E-state index contributed by atoms with van der Waals surface area (Å²) in [7, 11) is 0. The quantitative estimate of drug-likeness (QED) is 0.629. The highest BCUT2D eigenvalue weighted by Crippen LogP contribution is 2.41. The van der Waals surface area contributed by atoms with Crippen LogP contribution in [-0.2, 0) is 4.79 Å². The monoisotopic (exact) mass is 378 g/mol. The smallest absolute Gasteiger partial charge is 0.230 e. The van der Waals surface area contributed by atoms with E-state index in [9.17, 15) is 4.79 Å². The summed E-state index contributed by atoms with van der Waals surface area (Å²) in [5.74, 6) is 1.79. The van der Waals surface area contributed by atoms with Crippen LogP contribution in [0.1, 0.15) is 43.1 Å². The second-order valence-corrected chi connectivity index (χ2v) is 7.72. The van der Waals surface area contributed by atoms with Gasteiger partial charge < -0.3 is 5.32 Å². The molecule has 0 aliphatic heterocycles. The van der Waals surface area contributed by atoms with Gasteiger partial charge in [0.05, 0.1) is 11.8 Å². The highest BCUT2D eigenvalue weighted by atomic mass is 32.2. The van der Waals surface area contributed by atoms with Gasteiger partial charge >= 0.3 is 0 Å². The van der Waals surface area contributed by atoms with Crippen molar-refractivity contribution in [2.24, 2.45) is 0 Å². The highest BCUT2D eigenvalue weighted by molar-refractivity contribution is 7.99. The number of hydrogen-bond donors (Lipinski definition) is 1. The molecule has 0 unspecified atom stereocenters. The van der Waals surface area contributed by atoms with E-state index in [0.29, 0.717) is 11.7 Å². The molecule has 0 saturated heterocycles. The Morgan fingerprint density at radius 1 is 1.11 bits per heavy atom. The molecule has 0 radical (unpaired) electrons. The predicted octanol–water partition coefficient (Wildman–Crippen LogP) is 4.11. The van der Waals surface area contributed by atoms with Gasteiger partial charge in [-0.25, -0.2) is 0 Å². The van der Waals surface area contributed by atoms with Gasteiger partial charge in [-0.2, -0.15) is 0 Å². The lowest BCUT2D eigenvalue weighted by Crippen LogP contribution is -2.28. The summed E-state index contributed by atoms with van der Waals surface area (Å²) in [5, 5.41) is 12.6. The molecule has 1 aromatic heterocycles. The minimum atomic E-state index is -0.0201. The Labute approximate surface area is 163 Å². The van der Waals surface area contributed by atoms with Crippen molar-refractivity contribution in [3.05, 3.63) is 72.1 Å². The van der Waals surface area contributed by atoms with Crippen LogP contribution in [0, 0.1) is 0 Å². The van der Waals surface area contributed by atoms with Crippen LogP contribution in [0.15, 0.2) is 65.8 Å². The van der Waals surface area contributed by atoms with E-state index < -0.39 is 0 Å². The van der Waals surface area contributed by atoms with Crippen LogP contribution >= 0.6 is 11.8 Å². The van der Waals surface area contributed by atoms with Gasteiger partial charge in [0, 0.05) is 11.6 Å². The van der Waals surface area contributed by atoms with Crippen molar-refractivity contribution >= 4 is 17.7 Å². The van der Waals surface area contributed by atoms with Gasteiger partial charge in [-0.3, -0.25) is 9.36 Å². The van der Waals surface area contributed by atoms with E-state index in [2.05, 4.69) is 32.2 Å². The maximum Gasteiger partial charge on any atom is 0.230 e. The van der Waals surface area contributed by atoms with Crippen molar-refractivity contribution in [1.29, 1.82) is 0 Å². The van der Waals surface area contributed by atoms with E-state index in [1.54, 1.807) is 0 Å². The molecule has 4 rings (SSSR count). The molecular formula is C21H22N4OS. The number of carbonyl (C=O) groups excluding carboxylic acids is 1. The van der Waals surface area contributed by atoms with Gasteiger partial charge in [-0.15, -0.1) is 10.2 Å². The van der Waals surface area contributed by atoms with E-state index in [-0.39, 0.29) is 11.9 Å². The van der Waals surface area contributed by atoms with Crippen LogP contribution in [-0.4, -0.2) is 26.4 Å². The number of hydrogen-bond acceptors (Lipinski definition) is 4. The number of aromatic nitrogens is 3. The van der Waals surface area contributed by atoms with E-state index in [1.807, 2.05) is 55.5 Å². The molecule has 1 fully saturated rings. The first-order chi connectivity index (χ1) is 13.2. The Kier molecular flexibility index (Phi) is 5.25. The third kappa shape index (κ3) is 4.22. The Balaban J connectivity index is 1.45. The summed E-state index contributed by atoms with van der Waals surface area (Å²) in [5.41, 5.74) is 2.14. The fourth-order valence-corrected chi connectivity index (χ4v) is 3.81. The second-order valence-electron chi connectivity index (χ2n) is 6.77. The summed E-state index contributed by atoms with van der Waals surface area (Å²) >= 11 is 1.43. The number of rotatable bonds is 7. The van der Waals surface area contributed by atoms with Crippen LogP contribution in [0.3, 0.4) is 0 Å². The fourth-order valence-electron chi connectivity index (χ4n) is 3.04. The minimum absolute atomic E-state index is 0.00747. The van der Waals surface area contributed by atoms with Crippen molar-refractivity contribution in [3.8, 4) is 5.69 Å². The number of nitrogens with zero attached hydrogens (tertiary/aromatic N) is 3. The lowest BCUT2D eigenvalue weighted by Gasteiger charge is -2.14. The van der Waals surface area contributed by atoms with E-state index in [0.717, 1.165) is 35.1 Å². The van der Waals surface area contributed by atoms with Gasteiger partial charge in [-0.1, -0.05) is 60.3 Å². The molecule has 5 nitrogen and oxygen atoms in total. The van der Waals surface area contributed by atoms with Crippen molar-refractivity contribution in [3.63, 3.8) is 0 Å². The lowest BCUT2D eigenvalue weighted by atomic mass is 10.1. The third-order valence-corrected chi connectivity index (χ3v) is 5.55. The van der Waals surface area contributed by atoms with Crippen molar-refractivity contribution < 1.29 is 4.79 Å². The SMILES string of the molecule is C[C@H](NC(=O)CSc1nnc(C2CC2)n1-c1ccccc1)c1ccccc1. The number of carbonyl (C=O) groups is 1. The average molecular weight is 379 g/mol. The molecular weight excluding hydrogens is 356 g/mol. The summed E-state index contributed by atoms with van der Waals surface area (Å²) in [6.45, 7) is 2.00. The molecule has 1 amide bonds. The first-order valence-electron chi connectivity index (χ1n) is 9.20. The molecule has 2 aromatic carbocycles. The molecule has 1 N–H and O–H groups in total. The van der Waals surface area contributed by atoms with E-state index in [4.69, 9.17) is 0 Å². The Bertz CT molecular complexity index is 906. The number of para-hydroxylation sites is 1. The molecule has 1 heterocycles. The number of thioether (sulfide) groups is 1. The maximum absolute atomic E-state index is 12.4. The zero-order valence-electron chi connectivity index (χ0n) is 15.2. The third-order valence-electron chi connectivity index (χ3n) is 4.62. The largest absolute Gasteiger partial charge is 0.349 e. The molecule has 0 spiro atoms. The van der Waals surface area contributed by atoms with Gasteiger partial charge in [0.2, 0.25) is 5.91 Å². The molecule has 3 aromatic rings. The number of amides is 1. The van der Waals surface area contributed by atoms with Crippen molar-refractivity contribution in [2.75, 3.05) is 5.75 Å². The normalized spacial score (nSPS) is 14.7. The van der Waals surface area contributed by atoms with Crippen molar-refractivity contribution in [2.45, 2.75) is 36.9 Å². The predicted molar refractivity (Wildman–Crippen MR) is 107 cm³/mol. The Morgan fingerprint density at radius 3 is 2.44 bits per heavy atom. The van der Waals surface area contributed by atoms with Gasteiger partial charge in [-0.05, 0) is 37.5 Å². The molecule has 0 bridgehead atoms. The van der Waals surface area contributed by atoms with Crippen LogP contribution in [0.4, 0.5) is 0 Å². The van der Waals surface area contributed by atoms with Gasteiger partial charge in [0.1, 0.15) is 5.82 Å². The molecule has 1 aliphatic carbocycles. The van der Waals surface area contributed by atoms with Gasteiger partial charge in [0.15, 0.2) is 5.16 Å². The van der Waals surface area contributed by atoms with E-state index in [1.165, 1.54) is 11.8 Å². The van der Waals surface area contributed by atoms with Crippen LogP contribution in [0.5, 0.6) is 0 Å². The molecule has 27 heavy (non-hydrogen) atoms. The van der Waals surface area contributed by atoms with E-state index >= 15 is 0 Å². The summed E-state index contributed by atoms with van der Waals surface area (Å²) in [6.07, 6.45) is 2.31.